The fraction of sp³-hybridized carbons (Fsp3) is 0.0833. The molecule has 0 aliphatic carbocycles. The van der Waals surface area contributed by atoms with Crippen LogP contribution in [0.1, 0.15) is 16.1 Å². The van der Waals surface area contributed by atoms with Crippen molar-refractivity contribution in [1.29, 1.82) is 0 Å². The molecule has 0 unspecified atom stereocenters. The normalized spacial score (nSPS) is 10.8. The van der Waals surface area contributed by atoms with Gasteiger partial charge in [0.25, 0.3) is 0 Å². The zero-order valence-corrected chi connectivity index (χ0v) is 8.84. The van der Waals surface area contributed by atoms with E-state index in [2.05, 4.69) is 15.2 Å². The van der Waals surface area contributed by atoms with Gasteiger partial charge in [-0.05, 0) is 31.2 Å². The number of carbonyl (C=O) groups excluding carboxylic acids is 1. The molecule has 16 heavy (non-hydrogen) atoms. The summed E-state index contributed by atoms with van der Waals surface area (Å²) >= 11 is 0. The van der Waals surface area contributed by atoms with Crippen molar-refractivity contribution >= 4 is 17.8 Å². The highest BCUT2D eigenvalue weighted by Crippen LogP contribution is 2.17. The van der Waals surface area contributed by atoms with Crippen LogP contribution in [0.15, 0.2) is 46.6 Å². The van der Waals surface area contributed by atoms with Crippen molar-refractivity contribution in [2.75, 3.05) is 0 Å². The second-order valence-corrected chi connectivity index (χ2v) is 3.45. The third-order valence-corrected chi connectivity index (χ3v) is 2.13. The van der Waals surface area contributed by atoms with Crippen LogP contribution >= 0.6 is 0 Å². The Bertz CT molecular complexity index is 511. The first-order valence-corrected chi connectivity index (χ1v) is 4.90. The molecule has 0 aliphatic heterocycles. The number of hydrogen-bond donors (Lipinski definition) is 1. The summed E-state index contributed by atoms with van der Waals surface area (Å²) in [6.45, 7) is 2.02. The van der Waals surface area contributed by atoms with Crippen molar-refractivity contribution in [3.8, 4) is 0 Å². The average Bonchev–Trinajstić information content (AvgIpc) is 2.76. The molecule has 4 heteroatoms. The molecule has 2 rings (SSSR count). The number of benzene rings is 1. The predicted molar refractivity (Wildman–Crippen MR) is 61.5 cm³/mol. The highest BCUT2D eigenvalue weighted by atomic mass is 16.1. The number of hydrogen-bond acceptors (Lipinski definition) is 3. The largest absolute Gasteiger partial charge is 0.336 e. The lowest BCUT2D eigenvalue weighted by Crippen LogP contribution is -1.74. The van der Waals surface area contributed by atoms with E-state index in [1.807, 2.05) is 31.2 Å². The number of nitrogens with zero attached hydrogens (tertiary/aromatic N) is 2. The lowest BCUT2D eigenvalue weighted by molar-refractivity contribution is 0.111. The molecular formula is C12H11N3O. The molecule has 0 spiro atoms. The van der Waals surface area contributed by atoms with Crippen molar-refractivity contribution in [3.63, 3.8) is 0 Å². The number of aldehydes is 1. The summed E-state index contributed by atoms with van der Waals surface area (Å²) < 4.78 is 0. The third kappa shape index (κ3) is 2.42. The van der Waals surface area contributed by atoms with Gasteiger partial charge < -0.3 is 4.98 Å². The molecule has 4 nitrogen and oxygen atoms in total. The van der Waals surface area contributed by atoms with Crippen LogP contribution in [-0.4, -0.2) is 11.3 Å². The molecule has 1 aromatic heterocycles. The Kier molecular flexibility index (Phi) is 2.91. The van der Waals surface area contributed by atoms with E-state index in [1.165, 1.54) is 5.56 Å². The van der Waals surface area contributed by atoms with E-state index in [1.54, 1.807) is 12.1 Å². The Morgan fingerprint density at radius 1 is 1.06 bits per heavy atom. The van der Waals surface area contributed by atoms with Gasteiger partial charge in [0.1, 0.15) is 0 Å². The minimum atomic E-state index is 0.498. The molecule has 0 atom stereocenters. The van der Waals surface area contributed by atoms with Crippen LogP contribution in [0.5, 0.6) is 0 Å². The quantitative estimate of drug-likeness (QED) is 0.615. The van der Waals surface area contributed by atoms with Gasteiger partial charge in [-0.3, -0.25) is 4.79 Å². The fourth-order valence-corrected chi connectivity index (χ4v) is 1.25. The Balaban J connectivity index is 2.14. The predicted octanol–water partition coefficient (Wildman–Crippen LogP) is 3.55. The van der Waals surface area contributed by atoms with Gasteiger partial charge >= 0.3 is 0 Å². The number of azo groups is 1. The maximum atomic E-state index is 10.4. The van der Waals surface area contributed by atoms with Gasteiger partial charge in [0.05, 0.1) is 11.4 Å². The smallest absolute Gasteiger partial charge is 0.166 e. The zero-order valence-electron chi connectivity index (χ0n) is 8.84. The molecule has 1 N–H and O–H groups in total. The first kappa shape index (κ1) is 10.3. The van der Waals surface area contributed by atoms with Crippen LogP contribution in [-0.2, 0) is 0 Å². The van der Waals surface area contributed by atoms with Gasteiger partial charge in [0.2, 0.25) is 0 Å². The molecule has 0 amide bonds. The number of aryl methyl sites for hydroxylation is 1. The molecule has 0 saturated carbocycles. The first-order chi connectivity index (χ1) is 7.78. The highest BCUT2D eigenvalue weighted by molar-refractivity contribution is 5.73. The molecular weight excluding hydrogens is 202 g/mol. The Morgan fingerprint density at radius 2 is 1.81 bits per heavy atom. The maximum absolute atomic E-state index is 10.4. The van der Waals surface area contributed by atoms with Crippen LogP contribution in [0, 0.1) is 6.92 Å². The number of H-pyrrole nitrogens is 1. The molecule has 0 aliphatic rings. The van der Waals surface area contributed by atoms with E-state index < -0.39 is 0 Å². The number of carbonyl (C=O) groups is 1. The molecule has 0 fully saturated rings. The number of aromatic nitrogens is 1. The minimum absolute atomic E-state index is 0.498. The molecule has 2 aromatic rings. The van der Waals surface area contributed by atoms with Crippen LogP contribution in [0.4, 0.5) is 11.5 Å². The SMILES string of the molecule is Cc1ccc(N=Nc2ccc(C=O)[nH]2)cc1. The summed E-state index contributed by atoms with van der Waals surface area (Å²) in [7, 11) is 0. The minimum Gasteiger partial charge on any atom is -0.336 e. The van der Waals surface area contributed by atoms with Crippen molar-refractivity contribution in [2.45, 2.75) is 6.92 Å². The second kappa shape index (κ2) is 4.53. The van der Waals surface area contributed by atoms with E-state index in [0.29, 0.717) is 11.5 Å². The van der Waals surface area contributed by atoms with Gasteiger partial charge in [0.15, 0.2) is 12.1 Å². The summed E-state index contributed by atoms with van der Waals surface area (Å²) in [5.41, 5.74) is 2.47. The number of aromatic amines is 1. The van der Waals surface area contributed by atoms with Crippen LogP contribution in [0.3, 0.4) is 0 Å². The van der Waals surface area contributed by atoms with E-state index in [0.717, 1.165) is 12.0 Å². The van der Waals surface area contributed by atoms with Crippen molar-refractivity contribution < 1.29 is 4.79 Å². The standard InChI is InChI=1S/C12H11N3O/c1-9-2-4-10(5-3-9)14-15-12-7-6-11(8-16)13-12/h2-8,13H,1H3. The van der Waals surface area contributed by atoms with E-state index >= 15 is 0 Å². The third-order valence-electron chi connectivity index (χ3n) is 2.13. The maximum Gasteiger partial charge on any atom is 0.166 e. The summed E-state index contributed by atoms with van der Waals surface area (Å²) in [4.78, 5) is 13.2. The zero-order chi connectivity index (χ0) is 11.4. The van der Waals surface area contributed by atoms with Gasteiger partial charge in [-0.1, -0.05) is 17.7 Å². The monoisotopic (exact) mass is 213 g/mol. The lowest BCUT2D eigenvalue weighted by Gasteiger charge is -1.92. The fourth-order valence-electron chi connectivity index (χ4n) is 1.25. The van der Waals surface area contributed by atoms with Crippen LogP contribution in [0.2, 0.25) is 0 Å². The van der Waals surface area contributed by atoms with E-state index in [4.69, 9.17) is 0 Å². The van der Waals surface area contributed by atoms with Crippen molar-refractivity contribution in [2.24, 2.45) is 10.2 Å². The van der Waals surface area contributed by atoms with Crippen LogP contribution < -0.4 is 0 Å². The number of rotatable bonds is 3. The topological polar surface area (TPSA) is 57.6 Å². The first-order valence-electron chi connectivity index (χ1n) is 4.90. The molecule has 1 heterocycles. The van der Waals surface area contributed by atoms with E-state index in [9.17, 15) is 4.79 Å². The average molecular weight is 213 g/mol. The van der Waals surface area contributed by atoms with Crippen molar-refractivity contribution in [1.82, 2.24) is 4.98 Å². The number of nitrogens with one attached hydrogen (secondary N) is 1. The molecule has 0 radical (unpaired) electrons. The molecule has 0 bridgehead atoms. The van der Waals surface area contributed by atoms with Gasteiger partial charge in [-0.2, -0.15) is 0 Å². The molecule has 1 aromatic carbocycles. The highest BCUT2D eigenvalue weighted by Gasteiger charge is 1.95. The van der Waals surface area contributed by atoms with Gasteiger partial charge in [-0.15, -0.1) is 10.2 Å². The van der Waals surface area contributed by atoms with Crippen LogP contribution in [0.25, 0.3) is 0 Å². The molecule has 0 saturated heterocycles. The lowest BCUT2D eigenvalue weighted by atomic mass is 10.2. The Hall–Kier alpha value is -2.23. The van der Waals surface area contributed by atoms with Gasteiger partial charge in [-0.25, -0.2) is 0 Å². The van der Waals surface area contributed by atoms with Crippen molar-refractivity contribution in [3.05, 3.63) is 47.7 Å². The summed E-state index contributed by atoms with van der Waals surface area (Å²) in [5.74, 6) is 0.572. The second-order valence-electron chi connectivity index (χ2n) is 3.45. The Morgan fingerprint density at radius 3 is 2.44 bits per heavy atom. The molecule has 80 valence electrons. The summed E-state index contributed by atoms with van der Waals surface area (Å²) in [6.07, 6.45) is 0.741. The Labute approximate surface area is 93.0 Å². The summed E-state index contributed by atoms with van der Waals surface area (Å²) in [6, 6.07) is 11.1. The van der Waals surface area contributed by atoms with E-state index in [-0.39, 0.29) is 0 Å². The summed E-state index contributed by atoms with van der Waals surface area (Å²) in [5, 5.41) is 8.03. The van der Waals surface area contributed by atoms with Gasteiger partial charge in [0, 0.05) is 0 Å².